The van der Waals surface area contributed by atoms with Crippen molar-refractivity contribution in [3.8, 4) is 22.6 Å². The van der Waals surface area contributed by atoms with Crippen LogP contribution in [0.15, 0.2) is 103 Å². The molecule has 58 heavy (non-hydrogen) atoms. The van der Waals surface area contributed by atoms with E-state index in [1.54, 1.807) is 0 Å². The van der Waals surface area contributed by atoms with Gasteiger partial charge in [0.15, 0.2) is 5.75 Å². The van der Waals surface area contributed by atoms with Crippen LogP contribution in [0.1, 0.15) is 140 Å². The lowest BCUT2D eigenvalue weighted by atomic mass is 9.26. The van der Waals surface area contributed by atoms with Gasteiger partial charge in [-0.1, -0.05) is 140 Å². The van der Waals surface area contributed by atoms with Crippen LogP contribution in [0.3, 0.4) is 0 Å². The van der Waals surface area contributed by atoms with Crippen LogP contribution in [-0.2, 0) is 27.1 Å². The molecule has 6 atom stereocenters. The summed E-state index contributed by atoms with van der Waals surface area (Å²) in [6, 6.07) is 40.1. The number of hydrogen-bond acceptors (Lipinski definition) is 2. The Morgan fingerprint density at radius 1 is 0.517 bits per heavy atom. The molecule has 0 saturated heterocycles. The molecule has 6 unspecified atom stereocenters. The molecule has 2 heteroatoms. The van der Waals surface area contributed by atoms with E-state index in [1.165, 1.54) is 100 Å². The Morgan fingerprint density at radius 2 is 1.09 bits per heavy atom. The monoisotopic (exact) mass is 763 g/mol. The zero-order valence-corrected chi connectivity index (χ0v) is 36.1. The predicted octanol–water partition coefficient (Wildman–Crippen LogP) is 15.0. The van der Waals surface area contributed by atoms with Crippen molar-refractivity contribution < 1.29 is 4.74 Å². The maximum Gasteiger partial charge on any atom is 0.156 e. The first-order valence-electron chi connectivity index (χ1n) is 22.8. The molecule has 0 radical (unpaired) electrons. The molecule has 4 saturated carbocycles. The Bertz CT molecular complexity index is 2480. The smallest absolute Gasteiger partial charge is 0.156 e. The van der Waals surface area contributed by atoms with Crippen LogP contribution in [0.4, 0.5) is 17.1 Å². The fourth-order valence-electron chi connectivity index (χ4n) is 15.3. The third-order valence-corrected chi connectivity index (χ3v) is 18.1. The van der Waals surface area contributed by atoms with Crippen LogP contribution in [0.2, 0.25) is 0 Å². The Hall–Kier alpha value is -4.30. The molecule has 5 aromatic carbocycles. The Labute approximate surface area is 347 Å². The molecule has 296 valence electrons. The summed E-state index contributed by atoms with van der Waals surface area (Å²) in [5, 5.41) is 0. The Kier molecular flexibility index (Phi) is 6.93. The SMILES string of the molecule is CC1(C)CCC(C)(C)c2c(N(c3cccc4c3C(C)(C)CCC4(C)C)c3c(-c4ccccc4)ccc4c3Oc3ccccc3C43C4CC5CC6CC3C64C5)cccc21. The van der Waals surface area contributed by atoms with E-state index in [4.69, 9.17) is 4.74 Å². The van der Waals surface area contributed by atoms with Gasteiger partial charge in [-0.05, 0) is 148 Å². The zero-order valence-electron chi connectivity index (χ0n) is 36.1. The third-order valence-electron chi connectivity index (χ3n) is 18.1. The van der Waals surface area contributed by atoms with E-state index in [1.807, 2.05) is 0 Å². The van der Waals surface area contributed by atoms with Crippen molar-refractivity contribution in [1.29, 1.82) is 0 Å². The summed E-state index contributed by atoms with van der Waals surface area (Å²) in [4.78, 5) is 2.77. The second-order valence-corrected chi connectivity index (χ2v) is 22.6. The van der Waals surface area contributed by atoms with Crippen molar-refractivity contribution in [2.24, 2.45) is 29.1 Å². The number of anilines is 3. The molecule has 2 spiro atoms. The van der Waals surface area contributed by atoms with Gasteiger partial charge in [-0.2, -0.15) is 0 Å². The first-order valence-corrected chi connectivity index (χ1v) is 22.8. The molecule has 12 rings (SSSR count). The van der Waals surface area contributed by atoms with Crippen LogP contribution < -0.4 is 9.64 Å². The third kappa shape index (κ3) is 4.26. The summed E-state index contributed by atoms with van der Waals surface area (Å²) in [5.74, 6) is 5.35. The van der Waals surface area contributed by atoms with Crippen molar-refractivity contribution in [1.82, 2.24) is 0 Å². The van der Waals surface area contributed by atoms with Gasteiger partial charge >= 0.3 is 0 Å². The van der Waals surface area contributed by atoms with Crippen LogP contribution in [0, 0.1) is 29.1 Å². The van der Waals surface area contributed by atoms with Crippen molar-refractivity contribution in [2.75, 3.05) is 4.90 Å². The number of ether oxygens (including phenoxy) is 1. The molecule has 0 amide bonds. The van der Waals surface area contributed by atoms with Crippen LogP contribution >= 0.6 is 0 Å². The normalized spacial score (nSPS) is 31.4. The summed E-state index contributed by atoms with van der Waals surface area (Å²) in [5.41, 5.74) is 15.9. The van der Waals surface area contributed by atoms with Crippen molar-refractivity contribution >= 4 is 17.1 Å². The fourth-order valence-corrected chi connectivity index (χ4v) is 15.3. The summed E-state index contributed by atoms with van der Waals surface area (Å²) in [6.07, 6.45) is 10.3. The Balaban J connectivity index is 1.23. The number of para-hydroxylation sites is 1. The lowest BCUT2D eigenvalue weighted by Crippen LogP contribution is -2.74. The number of benzene rings is 5. The molecule has 2 nitrogen and oxygen atoms in total. The second-order valence-electron chi connectivity index (χ2n) is 22.6. The summed E-state index contributed by atoms with van der Waals surface area (Å²) in [7, 11) is 0. The highest BCUT2D eigenvalue weighted by Gasteiger charge is 2.84. The van der Waals surface area contributed by atoms with Gasteiger partial charge in [0.1, 0.15) is 5.75 Å². The van der Waals surface area contributed by atoms with Gasteiger partial charge < -0.3 is 9.64 Å². The van der Waals surface area contributed by atoms with E-state index < -0.39 is 0 Å². The largest absolute Gasteiger partial charge is 0.454 e. The number of nitrogens with zero attached hydrogens (tertiary/aromatic N) is 1. The standard InChI is InChI=1S/C56H61NO/c1-51(2)26-28-53(5,6)47-39(51)19-14-21-42(47)57(43-22-15-20-40-48(43)54(7,8)29-27-52(40,3)4)49-37(35-16-10-9-11-17-35)24-25-41-50(49)58-44-23-13-12-18-38(44)56(41)45-31-34-30-36-32-46(56)55(36,45)33-34/h9-25,34,36,45-46H,26-33H2,1-8H3. The van der Waals surface area contributed by atoms with Crippen LogP contribution in [0.5, 0.6) is 11.5 Å². The van der Waals surface area contributed by atoms with Crippen molar-refractivity contribution in [3.63, 3.8) is 0 Å². The molecule has 2 bridgehead atoms. The highest BCUT2D eigenvalue weighted by molar-refractivity contribution is 5.96. The zero-order chi connectivity index (χ0) is 39.8. The van der Waals surface area contributed by atoms with Crippen molar-refractivity contribution in [3.05, 3.63) is 137 Å². The lowest BCUT2D eigenvalue weighted by molar-refractivity contribution is -0.235. The van der Waals surface area contributed by atoms with E-state index >= 15 is 0 Å². The average Bonchev–Trinajstić information content (AvgIpc) is 3.74. The van der Waals surface area contributed by atoms with Gasteiger partial charge in [-0.3, -0.25) is 0 Å². The van der Waals surface area contributed by atoms with E-state index in [9.17, 15) is 0 Å². The second kappa shape index (κ2) is 11.3. The molecule has 1 aliphatic heterocycles. The van der Waals surface area contributed by atoms with E-state index in [-0.39, 0.29) is 27.1 Å². The molecule has 0 aromatic heterocycles. The maximum absolute atomic E-state index is 7.65. The molecular weight excluding hydrogens is 703 g/mol. The van der Waals surface area contributed by atoms with Gasteiger partial charge in [-0.25, -0.2) is 0 Å². The van der Waals surface area contributed by atoms with Crippen LogP contribution in [0.25, 0.3) is 11.1 Å². The quantitative estimate of drug-likeness (QED) is 0.181. The highest BCUT2D eigenvalue weighted by Crippen LogP contribution is 2.89. The highest BCUT2D eigenvalue weighted by atomic mass is 16.5. The number of hydrogen-bond donors (Lipinski definition) is 0. The fraction of sp³-hybridized carbons (Fsp3) is 0.464. The average molecular weight is 764 g/mol. The predicted molar refractivity (Wildman–Crippen MR) is 239 cm³/mol. The minimum absolute atomic E-state index is 0.00978. The maximum atomic E-state index is 7.65. The number of rotatable bonds is 4. The molecule has 5 aromatic rings. The molecule has 6 aliphatic carbocycles. The molecule has 4 fully saturated rings. The molecule has 7 aliphatic rings. The van der Waals surface area contributed by atoms with Crippen molar-refractivity contribution in [2.45, 2.75) is 134 Å². The van der Waals surface area contributed by atoms with E-state index in [0.29, 0.717) is 17.3 Å². The summed E-state index contributed by atoms with van der Waals surface area (Å²) < 4.78 is 7.65. The molecule has 1 heterocycles. The first-order chi connectivity index (χ1) is 27.7. The summed E-state index contributed by atoms with van der Waals surface area (Å²) >= 11 is 0. The van der Waals surface area contributed by atoms with E-state index in [2.05, 4.69) is 163 Å². The lowest BCUT2D eigenvalue weighted by Gasteiger charge is -2.77. The molecule has 0 N–H and O–H groups in total. The minimum Gasteiger partial charge on any atom is -0.454 e. The summed E-state index contributed by atoms with van der Waals surface area (Å²) in [6.45, 7) is 19.9. The Morgan fingerprint density at radius 3 is 1.72 bits per heavy atom. The minimum atomic E-state index is -0.0137. The van der Waals surface area contributed by atoms with Gasteiger partial charge in [0.25, 0.3) is 0 Å². The van der Waals surface area contributed by atoms with Gasteiger partial charge in [0, 0.05) is 22.1 Å². The van der Waals surface area contributed by atoms with Gasteiger partial charge in [-0.15, -0.1) is 0 Å². The topological polar surface area (TPSA) is 12.5 Å². The van der Waals surface area contributed by atoms with E-state index in [0.717, 1.165) is 36.2 Å². The molecular formula is C56H61NO. The van der Waals surface area contributed by atoms with Crippen LogP contribution in [-0.4, -0.2) is 0 Å². The van der Waals surface area contributed by atoms with Gasteiger partial charge in [0.2, 0.25) is 0 Å². The van der Waals surface area contributed by atoms with Gasteiger partial charge in [0.05, 0.1) is 17.1 Å². The number of fused-ring (bicyclic) bond motifs is 9. The first kappa shape index (κ1) is 35.6.